The Morgan fingerprint density at radius 2 is 0.746 bits per heavy atom. The molecule has 0 aliphatic carbocycles. The summed E-state index contributed by atoms with van der Waals surface area (Å²) in [5.41, 5.74) is 15.6. The van der Waals surface area contributed by atoms with Crippen LogP contribution in [0, 0.1) is 0 Å². The van der Waals surface area contributed by atoms with Crippen LogP contribution in [-0.4, -0.2) is 28.7 Å². The molecule has 12 rings (SSSR count). The molecule has 0 fully saturated rings. The third-order valence-electron chi connectivity index (χ3n) is 11.7. The largest absolute Gasteiger partial charge is 0.309 e. The summed E-state index contributed by atoms with van der Waals surface area (Å²) in [6.45, 7) is 0. The molecule has 6 nitrogen and oxygen atoms in total. The smallest absolute Gasteiger partial charge is 0.148 e. The molecule has 0 saturated heterocycles. The van der Waals surface area contributed by atoms with Gasteiger partial charge in [0, 0.05) is 51.0 Å². The molecule has 0 bridgehead atoms. The molecule has 12 aromatic rings. The maximum absolute atomic E-state index is 4.98. The Morgan fingerprint density at radius 1 is 0.305 bits per heavy atom. The van der Waals surface area contributed by atoms with Crippen LogP contribution < -0.4 is 0 Å². The number of hydrogen-bond acceptors (Lipinski definition) is 3. The number of nitrogens with zero attached hydrogens (tertiary/aromatic N) is 6. The van der Waals surface area contributed by atoms with E-state index < -0.39 is 0 Å². The SMILES string of the molecule is c1ccc(-c2ccc(-n3c4ccccc4c4cc(-c5ccc6c(c5)c5ccccc5n6-c5ccc(-n6c(-c7cncnc7)nc7ccccc76)cc5)ccc43)cc2)cc1. The monoisotopic (exact) mass is 754 g/mol. The van der Waals surface area contributed by atoms with E-state index in [0.29, 0.717) is 0 Å². The van der Waals surface area contributed by atoms with Crippen LogP contribution in [0.3, 0.4) is 0 Å². The van der Waals surface area contributed by atoms with E-state index in [1.165, 1.54) is 60.3 Å². The lowest BCUT2D eigenvalue weighted by Gasteiger charge is -2.12. The molecule has 4 aromatic heterocycles. The van der Waals surface area contributed by atoms with Crippen LogP contribution in [0.2, 0.25) is 0 Å². The molecule has 276 valence electrons. The Hall–Kier alpha value is -8.09. The first kappa shape index (κ1) is 33.1. The van der Waals surface area contributed by atoms with Gasteiger partial charge in [0.25, 0.3) is 0 Å². The fourth-order valence-corrected chi connectivity index (χ4v) is 8.94. The average Bonchev–Trinajstić information content (AvgIpc) is 3.97. The van der Waals surface area contributed by atoms with Gasteiger partial charge in [0.05, 0.1) is 38.7 Å². The van der Waals surface area contributed by atoms with Crippen molar-refractivity contribution in [3.8, 4) is 50.7 Å². The summed E-state index contributed by atoms with van der Waals surface area (Å²) in [6.07, 6.45) is 5.17. The van der Waals surface area contributed by atoms with Gasteiger partial charge in [-0.1, -0.05) is 103 Å². The number of aromatic nitrogens is 6. The normalized spacial score (nSPS) is 11.7. The lowest BCUT2D eigenvalue weighted by Crippen LogP contribution is -2.00. The zero-order chi connectivity index (χ0) is 38.9. The Kier molecular flexibility index (Phi) is 7.43. The number of imidazole rings is 1. The van der Waals surface area contributed by atoms with Crippen molar-refractivity contribution in [2.24, 2.45) is 0 Å². The third-order valence-corrected chi connectivity index (χ3v) is 11.7. The summed E-state index contributed by atoms with van der Waals surface area (Å²) >= 11 is 0. The second kappa shape index (κ2) is 13.3. The van der Waals surface area contributed by atoms with Gasteiger partial charge in [0.1, 0.15) is 12.2 Å². The van der Waals surface area contributed by atoms with E-state index in [9.17, 15) is 0 Å². The Morgan fingerprint density at radius 3 is 1.34 bits per heavy atom. The summed E-state index contributed by atoms with van der Waals surface area (Å²) in [5, 5.41) is 4.92. The Bertz CT molecular complexity index is 3520. The van der Waals surface area contributed by atoms with Crippen molar-refractivity contribution in [3.63, 3.8) is 0 Å². The fraction of sp³-hybridized carbons (Fsp3) is 0. The summed E-state index contributed by atoms with van der Waals surface area (Å²) in [5.74, 6) is 0.809. The van der Waals surface area contributed by atoms with Crippen LogP contribution >= 0.6 is 0 Å². The van der Waals surface area contributed by atoms with Crippen molar-refractivity contribution in [1.82, 2.24) is 28.7 Å². The molecule has 0 atom stereocenters. The molecule has 0 amide bonds. The first-order valence-electron chi connectivity index (χ1n) is 19.8. The second-order valence-corrected chi connectivity index (χ2v) is 15.0. The molecule has 4 heterocycles. The molecule has 0 saturated carbocycles. The van der Waals surface area contributed by atoms with Crippen LogP contribution in [0.15, 0.2) is 207 Å². The highest BCUT2D eigenvalue weighted by molar-refractivity contribution is 6.12. The minimum Gasteiger partial charge on any atom is -0.309 e. The van der Waals surface area contributed by atoms with Gasteiger partial charge < -0.3 is 9.13 Å². The molecule has 0 aliphatic rings. The van der Waals surface area contributed by atoms with Gasteiger partial charge >= 0.3 is 0 Å². The maximum atomic E-state index is 4.98. The zero-order valence-corrected chi connectivity index (χ0v) is 31.8. The summed E-state index contributed by atoms with van der Waals surface area (Å²) in [7, 11) is 0. The van der Waals surface area contributed by atoms with Gasteiger partial charge in [-0.25, -0.2) is 15.0 Å². The highest BCUT2D eigenvalue weighted by Gasteiger charge is 2.18. The lowest BCUT2D eigenvalue weighted by atomic mass is 10.0. The number of para-hydroxylation sites is 4. The first-order valence-corrected chi connectivity index (χ1v) is 19.8. The zero-order valence-electron chi connectivity index (χ0n) is 31.8. The van der Waals surface area contributed by atoms with Crippen molar-refractivity contribution >= 4 is 54.6 Å². The van der Waals surface area contributed by atoms with Crippen LogP contribution in [0.5, 0.6) is 0 Å². The summed E-state index contributed by atoms with van der Waals surface area (Å²) in [4.78, 5) is 13.5. The molecule has 8 aromatic carbocycles. The number of rotatable bonds is 6. The van der Waals surface area contributed by atoms with Crippen molar-refractivity contribution < 1.29 is 0 Å². The van der Waals surface area contributed by atoms with Gasteiger partial charge in [-0.2, -0.15) is 0 Å². The summed E-state index contributed by atoms with van der Waals surface area (Å²) < 4.78 is 6.94. The van der Waals surface area contributed by atoms with E-state index in [-0.39, 0.29) is 0 Å². The van der Waals surface area contributed by atoms with Crippen LogP contribution in [-0.2, 0) is 0 Å². The maximum Gasteiger partial charge on any atom is 0.148 e. The molecular weight excluding hydrogens is 721 g/mol. The van der Waals surface area contributed by atoms with E-state index in [4.69, 9.17) is 4.98 Å². The van der Waals surface area contributed by atoms with Gasteiger partial charge in [0.15, 0.2) is 0 Å². The lowest BCUT2D eigenvalue weighted by molar-refractivity contribution is 1.07. The van der Waals surface area contributed by atoms with E-state index in [0.717, 1.165) is 45.0 Å². The number of hydrogen-bond donors (Lipinski definition) is 0. The predicted octanol–water partition coefficient (Wildman–Crippen LogP) is 13.0. The quantitative estimate of drug-likeness (QED) is 0.170. The number of benzene rings is 8. The summed E-state index contributed by atoms with van der Waals surface area (Å²) in [6, 6.07) is 67.7. The molecule has 6 heteroatoms. The number of fused-ring (bicyclic) bond motifs is 7. The topological polar surface area (TPSA) is 53.5 Å². The van der Waals surface area contributed by atoms with Crippen molar-refractivity contribution in [1.29, 1.82) is 0 Å². The predicted molar refractivity (Wildman–Crippen MR) is 242 cm³/mol. The van der Waals surface area contributed by atoms with Crippen LogP contribution in [0.25, 0.3) is 105 Å². The van der Waals surface area contributed by atoms with Crippen molar-refractivity contribution in [2.75, 3.05) is 0 Å². The van der Waals surface area contributed by atoms with Crippen molar-refractivity contribution in [2.45, 2.75) is 0 Å². The van der Waals surface area contributed by atoms with E-state index >= 15 is 0 Å². The molecule has 0 spiro atoms. The van der Waals surface area contributed by atoms with Crippen LogP contribution in [0.1, 0.15) is 0 Å². The molecular formula is C53H34N6. The molecule has 0 N–H and O–H groups in total. The first-order chi connectivity index (χ1) is 29.3. The van der Waals surface area contributed by atoms with Crippen LogP contribution in [0.4, 0.5) is 0 Å². The minimum absolute atomic E-state index is 0.809. The van der Waals surface area contributed by atoms with E-state index in [1.54, 1.807) is 6.33 Å². The fourth-order valence-electron chi connectivity index (χ4n) is 8.94. The van der Waals surface area contributed by atoms with Crippen molar-refractivity contribution in [3.05, 3.63) is 207 Å². The highest BCUT2D eigenvalue weighted by Crippen LogP contribution is 2.39. The third kappa shape index (κ3) is 5.31. The molecule has 0 radical (unpaired) electrons. The van der Waals surface area contributed by atoms with Gasteiger partial charge in [-0.3, -0.25) is 4.57 Å². The minimum atomic E-state index is 0.809. The Balaban J connectivity index is 0.950. The Labute approximate surface area is 339 Å². The van der Waals surface area contributed by atoms with Gasteiger partial charge in [-0.15, -0.1) is 0 Å². The molecule has 59 heavy (non-hydrogen) atoms. The molecule has 0 aliphatic heterocycles. The second-order valence-electron chi connectivity index (χ2n) is 15.0. The van der Waals surface area contributed by atoms with E-state index in [2.05, 4.69) is 200 Å². The van der Waals surface area contributed by atoms with E-state index in [1.807, 2.05) is 24.5 Å². The average molecular weight is 755 g/mol. The highest BCUT2D eigenvalue weighted by atomic mass is 15.1. The standard InChI is InChI=1S/C53H34N6/c1-2-10-35(11-3-1)36-18-22-40(23-19-36)57-48-15-7-4-12-43(48)45-30-37(20-28-50(45)57)38-21-29-51-46(31-38)44-13-5-8-16-49(44)58(51)41-24-26-42(27-25-41)59-52-17-9-6-14-47(52)56-53(59)39-32-54-34-55-33-39/h1-34H. The van der Waals surface area contributed by atoms with Gasteiger partial charge in [0.2, 0.25) is 0 Å². The molecule has 0 unspecified atom stereocenters. The van der Waals surface area contributed by atoms with Gasteiger partial charge in [-0.05, 0) is 107 Å².